The van der Waals surface area contributed by atoms with Crippen molar-refractivity contribution in [3.8, 4) is 5.75 Å². The van der Waals surface area contributed by atoms with Crippen LogP contribution in [-0.4, -0.2) is 17.5 Å². The Kier molecular flexibility index (Phi) is 4.63. The van der Waals surface area contributed by atoms with E-state index in [4.69, 9.17) is 16.3 Å². The molecular formula is C14H16ClNO. The molecule has 1 aromatic heterocycles. The van der Waals surface area contributed by atoms with Gasteiger partial charge in [-0.15, -0.1) is 11.6 Å². The number of alkyl halides is 1. The third-order valence-corrected chi connectivity index (χ3v) is 2.88. The molecule has 0 aliphatic heterocycles. The maximum atomic E-state index is 5.66. The third-order valence-electron chi connectivity index (χ3n) is 2.61. The van der Waals surface area contributed by atoms with Gasteiger partial charge in [0, 0.05) is 11.3 Å². The molecule has 0 radical (unpaired) electrons. The second-order valence-electron chi connectivity index (χ2n) is 3.96. The van der Waals surface area contributed by atoms with Crippen molar-refractivity contribution in [2.45, 2.75) is 19.3 Å². The largest absolute Gasteiger partial charge is 0.492 e. The third kappa shape index (κ3) is 3.60. The second-order valence-corrected chi connectivity index (χ2v) is 4.34. The van der Waals surface area contributed by atoms with Crippen LogP contribution in [0.1, 0.15) is 19.3 Å². The summed E-state index contributed by atoms with van der Waals surface area (Å²) >= 11 is 5.61. The molecule has 2 nitrogen and oxygen atoms in total. The highest BCUT2D eigenvalue weighted by Gasteiger charge is 1.98. The van der Waals surface area contributed by atoms with E-state index in [1.54, 1.807) is 6.20 Å². The lowest BCUT2D eigenvalue weighted by molar-refractivity contribution is 0.306. The SMILES string of the molecule is ClCCCCCOc1cnc2ccccc2c1. The molecule has 0 atom stereocenters. The maximum absolute atomic E-state index is 5.66. The molecule has 90 valence electrons. The van der Waals surface area contributed by atoms with Gasteiger partial charge in [0.15, 0.2) is 0 Å². The van der Waals surface area contributed by atoms with Crippen molar-refractivity contribution in [3.63, 3.8) is 0 Å². The summed E-state index contributed by atoms with van der Waals surface area (Å²) in [6.07, 6.45) is 4.99. The van der Waals surface area contributed by atoms with E-state index in [1.165, 1.54) is 0 Å². The number of nitrogens with zero attached hydrogens (tertiary/aromatic N) is 1. The maximum Gasteiger partial charge on any atom is 0.138 e. The Morgan fingerprint density at radius 2 is 2.00 bits per heavy atom. The van der Waals surface area contributed by atoms with Crippen molar-refractivity contribution in [1.29, 1.82) is 0 Å². The number of para-hydroxylation sites is 1. The van der Waals surface area contributed by atoms with Gasteiger partial charge in [-0.05, 0) is 31.4 Å². The van der Waals surface area contributed by atoms with E-state index in [0.717, 1.165) is 48.4 Å². The van der Waals surface area contributed by atoms with Gasteiger partial charge < -0.3 is 4.74 Å². The Morgan fingerprint density at radius 1 is 1.12 bits per heavy atom. The molecule has 0 saturated heterocycles. The quantitative estimate of drug-likeness (QED) is 0.570. The Labute approximate surface area is 107 Å². The highest BCUT2D eigenvalue weighted by Crippen LogP contribution is 2.18. The van der Waals surface area contributed by atoms with E-state index < -0.39 is 0 Å². The van der Waals surface area contributed by atoms with Crippen LogP contribution >= 0.6 is 11.6 Å². The zero-order chi connectivity index (χ0) is 11.9. The van der Waals surface area contributed by atoms with Crippen LogP contribution in [0.3, 0.4) is 0 Å². The average molecular weight is 250 g/mol. The summed E-state index contributed by atoms with van der Waals surface area (Å²) in [5.74, 6) is 1.58. The first-order chi connectivity index (χ1) is 8.40. The molecule has 0 fully saturated rings. The standard InChI is InChI=1S/C14H16ClNO/c15-8-4-1-5-9-17-13-10-12-6-2-3-7-14(12)16-11-13/h2-3,6-7,10-11H,1,4-5,8-9H2. The van der Waals surface area contributed by atoms with Crippen molar-refractivity contribution in [1.82, 2.24) is 4.98 Å². The first-order valence-electron chi connectivity index (χ1n) is 5.94. The fourth-order valence-corrected chi connectivity index (χ4v) is 1.88. The summed E-state index contributed by atoms with van der Waals surface area (Å²) in [5, 5.41) is 1.12. The van der Waals surface area contributed by atoms with Crippen LogP contribution in [0, 0.1) is 0 Å². The number of benzene rings is 1. The van der Waals surface area contributed by atoms with E-state index >= 15 is 0 Å². The second kappa shape index (κ2) is 6.45. The molecule has 0 spiro atoms. The molecule has 2 aromatic rings. The molecule has 0 bridgehead atoms. The van der Waals surface area contributed by atoms with Crippen LogP contribution in [0.15, 0.2) is 36.5 Å². The van der Waals surface area contributed by atoms with Crippen molar-refractivity contribution >= 4 is 22.5 Å². The Morgan fingerprint density at radius 3 is 2.88 bits per heavy atom. The van der Waals surface area contributed by atoms with Gasteiger partial charge in [0.1, 0.15) is 5.75 Å². The van der Waals surface area contributed by atoms with E-state index in [0.29, 0.717) is 0 Å². The first kappa shape index (κ1) is 12.2. The molecule has 2 rings (SSSR count). The van der Waals surface area contributed by atoms with Crippen molar-refractivity contribution in [2.75, 3.05) is 12.5 Å². The zero-order valence-corrected chi connectivity index (χ0v) is 10.5. The summed E-state index contributed by atoms with van der Waals surface area (Å²) in [5.41, 5.74) is 1.00. The molecule has 17 heavy (non-hydrogen) atoms. The molecule has 0 saturated carbocycles. The summed E-state index contributed by atoms with van der Waals surface area (Å²) < 4.78 is 5.66. The van der Waals surface area contributed by atoms with Crippen LogP contribution in [-0.2, 0) is 0 Å². The highest BCUT2D eigenvalue weighted by molar-refractivity contribution is 6.17. The lowest BCUT2D eigenvalue weighted by Crippen LogP contribution is -1.97. The van der Waals surface area contributed by atoms with Crippen LogP contribution in [0.4, 0.5) is 0 Å². The van der Waals surface area contributed by atoms with Crippen molar-refractivity contribution < 1.29 is 4.74 Å². The topological polar surface area (TPSA) is 22.1 Å². The number of fused-ring (bicyclic) bond motifs is 1. The van der Waals surface area contributed by atoms with Gasteiger partial charge in [0.2, 0.25) is 0 Å². The summed E-state index contributed by atoms with van der Waals surface area (Å²) in [6, 6.07) is 10.1. The Balaban J connectivity index is 1.90. The average Bonchev–Trinajstić information content (AvgIpc) is 2.38. The van der Waals surface area contributed by atoms with Gasteiger partial charge in [-0.3, -0.25) is 4.98 Å². The molecule has 0 unspecified atom stereocenters. The minimum Gasteiger partial charge on any atom is -0.492 e. The van der Waals surface area contributed by atoms with Gasteiger partial charge >= 0.3 is 0 Å². The number of aromatic nitrogens is 1. The van der Waals surface area contributed by atoms with E-state index in [1.807, 2.05) is 30.3 Å². The lowest BCUT2D eigenvalue weighted by atomic mass is 10.2. The molecule has 0 amide bonds. The highest BCUT2D eigenvalue weighted by atomic mass is 35.5. The molecular weight excluding hydrogens is 234 g/mol. The van der Waals surface area contributed by atoms with Crippen LogP contribution < -0.4 is 4.74 Å². The Bertz CT molecular complexity index is 472. The van der Waals surface area contributed by atoms with E-state index in [2.05, 4.69) is 4.98 Å². The van der Waals surface area contributed by atoms with Crippen LogP contribution in [0.5, 0.6) is 5.75 Å². The molecule has 0 aliphatic carbocycles. The molecule has 1 aromatic carbocycles. The van der Waals surface area contributed by atoms with E-state index in [9.17, 15) is 0 Å². The first-order valence-corrected chi connectivity index (χ1v) is 6.47. The minimum absolute atomic E-state index is 0.733. The van der Waals surface area contributed by atoms with Crippen molar-refractivity contribution in [2.24, 2.45) is 0 Å². The lowest BCUT2D eigenvalue weighted by Gasteiger charge is -2.06. The fourth-order valence-electron chi connectivity index (χ4n) is 1.69. The number of pyridine rings is 1. The predicted octanol–water partition coefficient (Wildman–Crippen LogP) is 4.02. The Hall–Kier alpha value is -1.28. The number of ether oxygens (including phenoxy) is 1. The normalized spacial score (nSPS) is 10.6. The number of unbranched alkanes of at least 4 members (excludes halogenated alkanes) is 2. The van der Waals surface area contributed by atoms with Crippen LogP contribution in [0.2, 0.25) is 0 Å². The summed E-state index contributed by atoms with van der Waals surface area (Å²) in [7, 11) is 0. The molecule has 0 N–H and O–H groups in total. The molecule has 1 heterocycles. The van der Waals surface area contributed by atoms with Crippen LogP contribution in [0.25, 0.3) is 10.9 Å². The predicted molar refractivity (Wildman–Crippen MR) is 71.8 cm³/mol. The van der Waals surface area contributed by atoms with Crippen molar-refractivity contribution in [3.05, 3.63) is 36.5 Å². The monoisotopic (exact) mass is 249 g/mol. The smallest absolute Gasteiger partial charge is 0.138 e. The molecule has 0 aliphatic rings. The van der Waals surface area contributed by atoms with Gasteiger partial charge in [-0.25, -0.2) is 0 Å². The number of rotatable bonds is 6. The fraction of sp³-hybridized carbons (Fsp3) is 0.357. The summed E-state index contributed by atoms with van der Waals surface area (Å²) in [6.45, 7) is 0.733. The summed E-state index contributed by atoms with van der Waals surface area (Å²) in [4.78, 5) is 4.35. The number of halogens is 1. The van der Waals surface area contributed by atoms with E-state index in [-0.39, 0.29) is 0 Å². The van der Waals surface area contributed by atoms with Gasteiger partial charge in [0.25, 0.3) is 0 Å². The minimum atomic E-state index is 0.733. The van der Waals surface area contributed by atoms with Gasteiger partial charge in [-0.1, -0.05) is 18.2 Å². The molecule has 3 heteroatoms. The number of hydrogen-bond donors (Lipinski definition) is 0. The van der Waals surface area contributed by atoms with Gasteiger partial charge in [-0.2, -0.15) is 0 Å². The number of hydrogen-bond acceptors (Lipinski definition) is 2. The van der Waals surface area contributed by atoms with Gasteiger partial charge in [0.05, 0.1) is 18.3 Å². The zero-order valence-electron chi connectivity index (χ0n) is 9.73.